The molecule has 0 amide bonds. The number of piperazine rings is 1. The highest BCUT2D eigenvalue weighted by molar-refractivity contribution is 5.26. The molecule has 0 spiro atoms. The van der Waals surface area contributed by atoms with E-state index in [2.05, 4.69) is 10.2 Å². The van der Waals surface area contributed by atoms with E-state index in [0.717, 1.165) is 31.7 Å². The number of hydrogen-bond donors (Lipinski definition) is 2. The van der Waals surface area contributed by atoms with E-state index in [0.29, 0.717) is 0 Å². The van der Waals surface area contributed by atoms with Crippen LogP contribution in [0.1, 0.15) is 23.6 Å². The van der Waals surface area contributed by atoms with E-state index < -0.39 is 6.43 Å². The second-order valence-corrected chi connectivity index (χ2v) is 4.45. The number of nitrogens with zero attached hydrogens (tertiary/aromatic N) is 1. The average Bonchev–Trinajstić information content (AvgIpc) is 2.41. The fraction of sp³-hybridized carbons (Fsp3) is 0.538. The van der Waals surface area contributed by atoms with Crippen LogP contribution in [0.3, 0.4) is 0 Å². The number of halogens is 2. The maximum Gasteiger partial charge on any atom is 0.263 e. The number of benzene rings is 1. The van der Waals surface area contributed by atoms with Gasteiger partial charge in [-0.2, -0.15) is 0 Å². The van der Waals surface area contributed by atoms with Crippen LogP contribution < -0.4 is 5.32 Å². The molecule has 5 heteroatoms. The lowest BCUT2D eigenvalue weighted by Crippen LogP contribution is -2.46. The summed E-state index contributed by atoms with van der Waals surface area (Å²) in [5.74, 6) is 0. The zero-order valence-corrected chi connectivity index (χ0v) is 10.1. The molecule has 1 aromatic rings. The third-order valence-electron chi connectivity index (χ3n) is 3.34. The third-order valence-corrected chi connectivity index (χ3v) is 3.34. The van der Waals surface area contributed by atoms with Crippen LogP contribution in [0.5, 0.6) is 0 Å². The van der Waals surface area contributed by atoms with Crippen LogP contribution in [0, 0.1) is 0 Å². The smallest absolute Gasteiger partial charge is 0.263 e. The van der Waals surface area contributed by atoms with Crippen LogP contribution in [0.4, 0.5) is 8.78 Å². The van der Waals surface area contributed by atoms with Gasteiger partial charge in [0.25, 0.3) is 6.43 Å². The standard InChI is InChI=1S/C13H18F2N2O/c14-13(15)11-3-1-10(2-4-11)12(9-18)17-7-5-16-6-8-17/h1-4,12-13,16,18H,5-9H2. The van der Waals surface area contributed by atoms with Gasteiger partial charge in [0.2, 0.25) is 0 Å². The largest absolute Gasteiger partial charge is 0.394 e. The second-order valence-electron chi connectivity index (χ2n) is 4.45. The van der Waals surface area contributed by atoms with Gasteiger partial charge >= 0.3 is 0 Å². The molecule has 1 fully saturated rings. The molecular weight excluding hydrogens is 238 g/mol. The number of alkyl halides is 2. The molecule has 1 heterocycles. The third kappa shape index (κ3) is 3.04. The fourth-order valence-electron chi connectivity index (χ4n) is 2.29. The normalized spacial score (nSPS) is 19.1. The van der Waals surface area contributed by atoms with E-state index in [1.807, 2.05) is 0 Å². The first-order chi connectivity index (χ1) is 8.72. The summed E-state index contributed by atoms with van der Waals surface area (Å²) in [5.41, 5.74) is 0.916. The van der Waals surface area contributed by atoms with Crippen molar-refractivity contribution in [3.8, 4) is 0 Å². The lowest BCUT2D eigenvalue weighted by molar-refractivity contribution is 0.110. The maximum atomic E-state index is 12.5. The highest BCUT2D eigenvalue weighted by Crippen LogP contribution is 2.24. The number of aliphatic hydroxyl groups excluding tert-OH is 1. The minimum absolute atomic E-state index is 0.00796. The predicted octanol–water partition coefficient (Wildman–Crippen LogP) is 1.56. The summed E-state index contributed by atoms with van der Waals surface area (Å²) in [4.78, 5) is 2.17. The van der Waals surface area contributed by atoms with Gasteiger partial charge in [0.05, 0.1) is 12.6 Å². The summed E-state index contributed by atoms with van der Waals surface area (Å²) in [6, 6.07) is 6.14. The molecule has 1 saturated heterocycles. The van der Waals surface area contributed by atoms with E-state index in [-0.39, 0.29) is 18.2 Å². The summed E-state index contributed by atoms with van der Waals surface area (Å²) in [6.07, 6.45) is -2.44. The summed E-state index contributed by atoms with van der Waals surface area (Å²) in [6.45, 7) is 3.52. The maximum absolute atomic E-state index is 12.5. The monoisotopic (exact) mass is 256 g/mol. The summed E-state index contributed by atoms with van der Waals surface area (Å²) < 4.78 is 24.9. The Morgan fingerprint density at radius 1 is 1.11 bits per heavy atom. The molecule has 0 bridgehead atoms. The molecule has 1 aliphatic rings. The van der Waals surface area contributed by atoms with Crippen molar-refractivity contribution in [2.45, 2.75) is 12.5 Å². The minimum atomic E-state index is -2.44. The van der Waals surface area contributed by atoms with E-state index >= 15 is 0 Å². The molecule has 0 aromatic heterocycles. The molecule has 1 unspecified atom stereocenters. The van der Waals surface area contributed by atoms with Gasteiger partial charge in [-0.3, -0.25) is 4.90 Å². The van der Waals surface area contributed by atoms with E-state index in [1.165, 1.54) is 12.1 Å². The first-order valence-electron chi connectivity index (χ1n) is 6.16. The van der Waals surface area contributed by atoms with Crippen molar-refractivity contribution in [3.63, 3.8) is 0 Å². The number of hydrogen-bond acceptors (Lipinski definition) is 3. The summed E-state index contributed by atoms with van der Waals surface area (Å²) in [7, 11) is 0. The molecule has 0 aliphatic carbocycles. The molecule has 100 valence electrons. The van der Waals surface area contributed by atoms with Crippen molar-refractivity contribution in [1.82, 2.24) is 10.2 Å². The summed E-state index contributed by atoms with van der Waals surface area (Å²) in [5, 5.41) is 12.7. The summed E-state index contributed by atoms with van der Waals surface area (Å²) >= 11 is 0. The SMILES string of the molecule is OCC(c1ccc(C(F)F)cc1)N1CCNCC1. The predicted molar refractivity (Wildman–Crippen MR) is 65.7 cm³/mol. The number of rotatable bonds is 4. The molecule has 1 aliphatic heterocycles. The van der Waals surface area contributed by atoms with Crippen LogP contribution >= 0.6 is 0 Å². The van der Waals surface area contributed by atoms with Crippen LogP contribution in [-0.2, 0) is 0 Å². The zero-order valence-electron chi connectivity index (χ0n) is 10.1. The van der Waals surface area contributed by atoms with Crippen LogP contribution in [0.25, 0.3) is 0 Å². The first kappa shape index (κ1) is 13.4. The van der Waals surface area contributed by atoms with E-state index in [4.69, 9.17) is 0 Å². The van der Waals surface area contributed by atoms with Gasteiger partial charge in [-0.15, -0.1) is 0 Å². The Morgan fingerprint density at radius 3 is 2.17 bits per heavy atom. The fourth-order valence-corrected chi connectivity index (χ4v) is 2.29. The van der Waals surface area contributed by atoms with Crippen LogP contribution in [0.2, 0.25) is 0 Å². The highest BCUT2D eigenvalue weighted by atomic mass is 19.3. The van der Waals surface area contributed by atoms with Gasteiger partial charge in [0.15, 0.2) is 0 Å². The van der Waals surface area contributed by atoms with Gasteiger partial charge in [-0.25, -0.2) is 8.78 Å². The molecule has 2 N–H and O–H groups in total. The number of nitrogens with one attached hydrogen (secondary N) is 1. The Morgan fingerprint density at radius 2 is 1.67 bits per heavy atom. The second kappa shape index (κ2) is 6.22. The van der Waals surface area contributed by atoms with Gasteiger partial charge in [-0.05, 0) is 5.56 Å². The molecule has 2 rings (SSSR count). The Bertz CT molecular complexity index is 364. The van der Waals surface area contributed by atoms with Gasteiger partial charge in [0.1, 0.15) is 0 Å². The van der Waals surface area contributed by atoms with Gasteiger partial charge in [-0.1, -0.05) is 24.3 Å². The molecule has 3 nitrogen and oxygen atoms in total. The Labute approximate surface area is 105 Å². The van der Waals surface area contributed by atoms with Crippen molar-refractivity contribution in [1.29, 1.82) is 0 Å². The lowest BCUT2D eigenvalue weighted by atomic mass is 10.0. The molecular formula is C13H18F2N2O. The van der Waals surface area contributed by atoms with Gasteiger partial charge < -0.3 is 10.4 Å². The van der Waals surface area contributed by atoms with Crippen LogP contribution in [0.15, 0.2) is 24.3 Å². The highest BCUT2D eigenvalue weighted by Gasteiger charge is 2.21. The lowest BCUT2D eigenvalue weighted by Gasteiger charge is -2.34. The van der Waals surface area contributed by atoms with Crippen molar-refractivity contribution in [2.24, 2.45) is 0 Å². The zero-order chi connectivity index (χ0) is 13.0. The quantitative estimate of drug-likeness (QED) is 0.858. The molecule has 0 radical (unpaired) electrons. The van der Waals surface area contributed by atoms with Crippen molar-refractivity contribution < 1.29 is 13.9 Å². The van der Waals surface area contributed by atoms with E-state index in [1.54, 1.807) is 12.1 Å². The van der Waals surface area contributed by atoms with Crippen molar-refractivity contribution in [2.75, 3.05) is 32.8 Å². The van der Waals surface area contributed by atoms with Crippen LogP contribution in [-0.4, -0.2) is 42.8 Å². The molecule has 1 aromatic carbocycles. The Hall–Kier alpha value is -1.04. The Balaban J connectivity index is 2.11. The van der Waals surface area contributed by atoms with Crippen molar-refractivity contribution in [3.05, 3.63) is 35.4 Å². The molecule has 0 saturated carbocycles. The van der Waals surface area contributed by atoms with Crippen molar-refractivity contribution >= 4 is 0 Å². The Kier molecular flexibility index (Phi) is 4.63. The topological polar surface area (TPSA) is 35.5 Å². The average molecular weight is 256 g/mol. The minimum Gasteiger partial charge on any atom is -0.394 e. The van der Waals surface area contributed by atoms with Gasteiger partial charge in [0, 0.05) is 31.7 Å². The molecule has 18 heavy (non-hydrogen) atoms. The molecule has 1 atom stereocenters. The number of aliphatic hydroxyl groups is 1. The van der Waals surface area contributed by atoms with E-state index in [9.17, 15) is 13.9 Å². The first-order valence-corrected chi connectivity index (χ1v) is 6.16.